The van der Waals surface area contributed by atoms with E-state index in [0.29, 0.717) is 30.5 Å². The summed E-state index contributed by atoms with van der Waals surface area (Å²) in [6, 6.07) is 4.74. The van der Waals surface area contributed by atoms with Crippen LogP contribution in [0, 0.1) is 23.2 Å². The van der Waals surface area contributed by atoms with E-state index in [-0.39, 0.29) is 17.5 Å². The summed E-state index contributed by atoms with van der Waals surface area (Å²) < 4.78 is 0. The molecule has 1 saturated heterocycles. The Morgan fingerprint density at radius 2 is 2.14 bits per heavy atom. The minimum atomic E-state index is -0.738. The summed E-state index contributed by atoms with van der Waals surface area (Å²) in [7, 11) is 0. The fourth-order valence-electron chi connectivity index (χ4n) is 3.72. The van der Waals surface area contributed by atoms with Crippen molar-refractivity contribution in [1.82, 2.24) is 15.5 Å². The summed E-state index contributed by atoms with van der Waals surface area (Å²) in [5.41, 5.74) is 2.75. The quantitative estimate of drug-likeness (QED) is 0.796. The molecule has 3 aliphatic rings. The van der Waals surface area contributed by atoms with Crippen LogP contribution in [0.3, 0.4) is 0 Å². The van der Waals surface area contributed by atoms with Gasteiger partial charge in [-0.25, -0.2) is 0 Å². The number of carbonyl (C=O) groups excluding carboxylic acids is 1. The minimum absolute atomic E-state index is 0.0251. The largest absolute Gasteiger partial charge is 0.389 e. The van der Waals surface area contributed by atoms with E-state index < -0.39 is 12.1 Å². The molecule has 29 heavy (non-hydrogen) atoms. The number of aliphatic hydroxyl groups excluding tert-OH is 1. The first kappa shape index (κ1) is 19.0. The van der Waals surface area contributed by atoms with E-state index in [1.807, 2.05) is 23.1 Å². The van der Waals surface area contributed by atoms with E-state index in [0.717, 1.165) is 5.57 Å². The molecule has 2 aliphatic heterocycles. The number of aliphatic imine (C=N–C) groups is 1. The van der Waals surface area contributed by atoms with Gasteiger partial charge in [0.05, 0.1) is 12.1 Å². The zero-order chi connectivity index (χ0) is 20.5. The van der Waals surface area contributed by atoms with Gasteiger partial charge in [0.25, 0.3) is 5.91 Å². The summed E-state index contributed by atoms with van der Waals surface area (Å²) >= 11 is 0. The van der Waals surface area contributed by atoms with Crippen LogP contribution in [-0.2, 0) is 4.79 Å². The van der Waals surface area contributed by atoms with Crippen molar-refractivity contribution in [3.05, 3.63) is 52.9 Å². The highest BCUT2D eigenvalue weighted by atomic mass is 16.3. The molecule has 4 rings (SSSR count). The lowest BCUT2D eigenvalue weighted by molar-refractivity contribution is -0.118. The Balaban J connectivity index is 1.44. The third-order valence-electron chi connectivity index (χ3n) is 5.40. The topological polar surface area (TPSA) is 115 Å². The van der Waals surface area contributed by atoms with Crippen LogP contribution < -0.4 is 10.2 Å². The van der Waals surface area contributed by atoms with Gasteiger partial charge >= 0.3 is 0 Å². The summed E-state index contributed by atoms with van der Waals surface area (Å²) in [5.74, 6) is 0.713. The number of rotatable bonds is 4. The molecule has 3 atom stereocenters. The number of aliphatic hydroxyl groups is 1. The number of anilines is 1. The first-order valence-corrected chi connectivity index (χ1v) is 9.62. The zero-order valence-corrected chi connectivity index (χ0v) is 16.3. The molecule has 1 aromatic rings. The van der Waals surface area contributed by atoms with Crippen molar-refractivity contribution in [1.29, 1.82) is 5.26 Å². The summed E-state index contributed by atoms with van der Waals surface area (Å²) in [6.07, 6.45) is 7.19. The van der Waals surface area contributed by atoms with Crippen molar-refractivity contribution < 1.29 is 9.90 Å². The van der Waals surface area contributed by atoms with Crippen molar-refractivity contribution in [2.75, 3.05) is 18.0 Å². The molecule has 0 saturated carbocycles. The second-order valence-electron chi connectivity index (χ2n) is 7.70. The van der Waals surface area contributed by atoms with Crippen molar-refractivity contribution >= 4 is 17.9 Å². The number of allylic oxidation sites excluding steroid dienone is 5. The lowest BCUT2D eigenvalue weighted by Gasteiger charge is -2.18. The van der Waals surface area contributed by atoms with Crippen molar-refractivity contribution in [2.24, 2.45) is 16.8 Å². The SMILES string of the molecule is CC(C)C1=CC2C=NC(C(=O)N[C@@H]3CN(c4ccc(C#N)nn4)C[C@H]3O)=C2C=C1. The van der Waals surface area contributed by atoms with E-state index >= 15 is 0 Å². The third kappa shape index (κ3) is 3.69. The summed E-state index contributed by atoms with van der Waals surface area (Å²) in [5, 5.41) is 30.0. The minimum Gasteiger partial charge on any atom is -0.389 e. The highest BCUT2D eigenvalue weighted by molar-refractivity contribution is 6.00. The number of carbonyl (C=O) groups is 1. The molecule has 0 bridgehead atoms. The van der Waals surface area contributed by atoms with Crippen LogP contribution in [-0.4, -0.2) is 52.7 Å². The number of fused-ring (bicyclic) bond motifs is 1. The average Bonchev–Trinajstić information content (AvgIpc) is 3.31. The Morgan fingerprint density at radius 1 is 1.31 bits per heavy atom. The van der Waals surface area contributed by atoms with Gasteiger partial charge in [-0.05, 0) is 29.2 Å². The average molecular weight is 390 g/mol. The normalized spacial score (nSPS) is 25.3. The van der Waals surface area contributed by atoms with E-state index in [4.69, 9.17) is 5.26 Å². The van der Waals surface area contributed by atoms with Crippen LogP contribution in [0.15, 0.2) is 52.2 Å². The Morgan fingerprint density at radius 3 is 2.83 bits per heavy atom. The van der Waals surface area contributed by atoms with Crippen LogP contribution in [0.2, 0.25) is 0 Å². The highest BCUT2D eigenvalue weighted by Gasteiger charge is 2.35. The zero-order valence-electron chi connectivity index (χ0n) is 16.3. The van der Waals surface area contributed by atoms with Gasteiger partial charge in [0.1, 0.15) is 11.8 Å². The van der Waals surface area contributed by atoms with Gasteiger partial charge in [0.15, 0.2) is 11.5 Å². The van der Waals surface area contributed by atoms with Crippen molar-refractivity contribution in [3.63, 3.8) is 0 Å². The predicted molar refractivity (Wildman–Crippen MR) is 108 cm³/mol. The van der Waals surface area contributed by atoms with E-state index in [1.54, 1.807) is 18.3 Å². The van der Waals surface area contributed by atoms with Crippen LogP contribution >= 0.6 is 0 Å². The number of β-amino-alcohol motifs (C(OH)–C–C–N with tert-alkyl or cyclic N) is 1. The smallest absolute Gasteiger partial charge is 0.270 e. The number of nitriles is 1. The maximum absolute atomic E-state index is 12.8. The molecule has 3 heterocycles. The fourth-order valence-corrected chi connectivity index (χ4v) is 3.72. The lowest BCUT2D eigenvalue weighted by atomic mass is 9.88. The van der Waals surface area contributed by atoms with E-state index in [1.165, 1.54) is 5.57 Å². The molecule has 1 amide bonds. The highest BCUT2D eigenvalue weighted by Crippen LogP contribution is 2.31. The van der Waals surface area contributed by atoms with Crippen LogP contribution in [0.25, 0.3) is 0 Å². The number of hydrogen-bond acceptors (Lipinski definition) is 7. The second kappa shape index (κ2) is 7.60. The molecular weight excluding hydrogens is 368 g/mol. The number of nitrogens with one attached hydrogen (secondary N) is 1. The van der Waals surface area contributed by atoms with Gasteiger partial charge in [-0.1, -0.05) is 32.1 Å². The van der Waals surface area contributed by atoms with Crippen molar-refractivity contribution in [2.45, 2.75) is 26.0 Å². The number of amides is 1. The lowest BCUT2D eigenvalue weighted by Crippen LogP contribution is -2.43. The van der Waals surface area contributed by atoms with Gasteiger partial charge in [-0.3, -0.25) is 9.79 Å². The molecule has 148 valence electrons. The van der Waals surface area contributed by atoms with Gasteiger partial charge in [0, 0.05) is 25.2 Å². The summed E-state index contributed by atoms with van der Waals surface area (Å²) in [6.45, 7) is 4.99. The molecule has 1 unspecified atom stereocenters. The van der Waals surface area contributed by atoms with E-state index in [2.05, 4.69) is 40.4 Å². The molecule has 8 nitrogen and oxygen atoms in total. The Labute approximate surface area is 169 Å². The number of nitrogens with zero attached hydrogens (tertiary/aromatic N) is 5. The molecular formula is C21H22N6O2. The molecule has 0 aromatic carbocycles. The monoisotopic (exact) mass is 390 g/mol. The first-order chi connectivity index (χ1) is 14.0. The number of aromatic nitrogens is 2. The van der Waals surface area contributed by atoms with Crippen LogP contribution in [0.1, 0.15) is 19.5 Å². The predicted octanol–water partition coefficient (Wildman–Crippen LogP) is 1.12. The Hall–Kier alpha value is -3.31. The molecule has 1 fully saturated rings. The van der Waals surface area contributed by atoms with Crippen molar-refractivity contribution in [3.8, 4) is 6.07 Å². The second-order valence-corrected chi connectivity index (χ2v) is 7.70. The standard InChI is InChI=1S/C21H22N6O2/c1-12(2)13-3-5-16-14(7-13)9-23-20(16)21(29)24-17-10-27(11-18(17)28)19-6-4-15(8-22)25-26-19/h3-7,9,12,14,17-18,28H,10-11H2,1-2H3,(H,24,29)/t14?,17-,18-/m1/s1. The van der Waals surface area contributed by atoms with Gasteiger partial charge in [-0.2, -0.15) is 5.26 Å². The van der Waals surface area contributed by atoms with Gasteiger partial charge in [0.2, 0.25) is 0 Å². The molecule has 0 radical (unpaired) electrons. The fraction of sp³-hybridized carbons (Fsp3) is 0.381. The number of hydrogen-bond donors (Lipinski definition) is 2. The van der Waals surface area contributed by atoms with Crippen LogP contribution in [0.4, 0.5) is 5.82 Å². The Bertz CT molecular complexity index is 983. The molecule has 1 aromatic heterocycles. The van der Waals surface area contributed by atoms with Gasteiger partial charge in [-0.15, -0.1) is 10.2 Å². The van der Waals surface area contributed by atoms with Gasteiger partial charge < -0.3 is 15.3 Å². The Kier molecular flexibility index (Phi) is 4.99. The molecule has 8 heteroatoms. The van der Waals surface area contributed by atoms with E-state index in [9.17, 15) is 9.90 Å². The third-order valence-corrected chi connectivity index (χ3v) is 5.40. The summed E-state index contributed by atoms with van der Waals surface area (Å²) in [4.78, 5) is 19.0. The molecule has 0 spiro atoms. The maximum Gasteiger partial charge on any atom is 0.270 e. The van der Waals surface area contributed by atoms with Crippen LogP contribution in [0.5, 0.6) is 0 Å². The maximum atomic E-state index is 12.8. The first-order valence-electron chi connectivity index (χ1n) is 9.62. The molecule has 2 N–H and O–H groups in total. The molecule has 1 aliphatic carbocycles.